The molecule has 3 heterocycles. The Balaban J connectivity index is 1.78. The largest absolute Gasteiger partial charge is 0.484 e. The van der Waals surface area contributed by atoms with Crippen LogP contribution in [0, 0.1) is 6.92 Å². The number of thiophene rings is 1. The first-order valence-corrected chi connectivity index (χ1v) is 12.7. The smallest absolute Gasteiger partial charge is 0.333 e. The average Bonchev–Trinajstić information content (AvgIpc) is 3.55. The highest BCUT2D eigenvalue weighted by atomic mass is 32.1. The normalized spacial score (nSPS) is 12.5. The molecule has 194 valence electrons. The van der Waals surface area contributed by atoms with Crippen molar-refractivity contribution in [3.05, 3.63) is 105 Å². The number of benzene rings is 2. The number of fused-ring (bicyclic) bond motifs is 1. The third-order valence-corrected chi connectivity index (χ3v) is 7.77. The lowest BCUT2D eigenvalue weighted by Gasteiger charge is -2.25. The average molecular weight is 532 g/mol. The maximum Gasteiger partial charge on any atom is 0.333 e. The predicted octanol–water partition coefficient (Wildman–Crippen LogP) is 4.83. The highest BCUT2D eigenvalue weighted by Gasteiger charge is 2.36. The Hall–Kier alpha value is -4.44. The van der Waals surface area contributed by atoms with Crippen molar-refractivity contribution in [2.75, 3.05) is 0 Å². The summed E-state index contributed by atoms with van der Waals surface area (Å²) in [4.78, 5) is 45.0. The molecule has 10 heteroatoms. The monoisotopic (exact) mass is 531 g/mol. The number of carboxylic acids is 1. The van der Waals surface area contributed by atoms with E-state index in [-0.39, 0.29) is 11.9 Å². The van der Waals surface area contributed by atoms with Gasteiger partial charge in [-0.2, -0.15) is 0 Å². The third kappa shape index (κ3) is 4.32. The van der Waals surface area contributed by atoms with Gasteiger partial charge >= 0.3 is 11.7 Å². The van der Waals surface area contributed by atoms with Crippen LogP contribution in [0.2, 0.25) is 0 Å². The maximum absolute atomic E-state index is 14.0. The molecule has 0 saturated carbocycles. The lowest BCUT2D eigenvalue weighted by atomic mass is 10.1. The minimum atomic E-state index is -1.80. The Kier molecular flexibility index (Phi) is 6.50. The Morgan fingerprint density at radius 1 is 1.11 bits per heavy atom. The van der Waals surface area contributed by atoms with Crippen LogP contribution in [0.3, 0.4) is 0 Å². The summed E-state index contributed by atoms with van der Waals surface area (Å²) < 4.78 is 14.1. The molecule has 0 radical (unpaired) electrons. The molecule has 0 amide bonds. The Bertz CT molecular complexity index is 1720. The summed E-state index contributed by atoms with van der Waals surface area (Å²) >= 11 is 1.20. The summed E-state index contributed by atoms with van der Waals surface area (Å²) in [5.41, 5.74) is -1.85. The number of rotatable bonds is 8. The van der Waals surface area contributed by atoms with Crippen molar-refractivity contribution in [3.63, 3.8) is 0 Å². The number of hydrogen-bond donors (Lipinski definition) is 1. The molecule has 0 bridgehead atoms. The van der Waals surface area contributed by atoms with E-state index in [2.05, 4.69) is 4.98 Å². The molecule has 3 aromatic heterocycles. The number of ether oxygens (including phenoxy) is 1. The van der Waals surface area contributed by atoms with E-state index in [1.165, 1.54) is 42.2 Å². The van der Waals surface area contributed by atoms with Gasteiger partial charge in [0, 0.05) is 0 Å². The number of carbonyl (C=O) groups is 1. The Morgan fingerprint density at radius 3 is 2.37 bits per heavy atom. The van der Waals surface area contributed by atoms with Gasteiger partial charge in [0.2, 0.25) is 5.89 Å². The first kappa shape index (κ1) is 25.2. The highest BCUT2D eigenvalue weighted by molar-refractivity contribution is 7.22. The molecule has 1 atom stereocenters. The van der Waals surface area contributed by atoms with Crippen molar-refractivity contribution in [1.82, 2.24) is 14.1 Å². The molecular weight excluding hydrogens is 506 g/mol. The van der Waals surface area contributed by atoms with Crippen molar-refractivity contribution < 1.29 is 19.1 Å². The van der Waals surface area contributed by atoms with Crippen LogP contribution in [0.1, 0.15) is 31.1 Å². The van der Waals surface area contributed by atoms with Crippen LogP contribution in [-0.4, -0.2) is 25.2 Å². The van der Waals surface area contributed by atoms with Gasteiger partial charge in [-0.1, -0.05) is 48.5 Å². The molecule has 9 nitrogen and oxygen atoms in total. The van der Waals surface area contributed by atoms with E-state index in [0.29, 0.717) is 26.9 Å². The van der Waals surface area contributed by atoms with Crippen molar-refractivity contribution >= 4 is 27.5 Å². The van der Waals surface area contributed by atoms with E-state index in [0.717, 1.165) is 10.1 Å². The van der Waals surface area contributed by atoms with Gasteiger partial charge in [0.05, 0.1) is 23.0 Å². The molecule has 0 spiro atoms. The Morgan fingerprint density at radius 2 is 1.76 bits per heavy atom. The lowest BCUT2D eigenvalue weighted by molar-refractivity contribution is -0.146. The fraction of sp³-hybridized carbons (Fsp3) is 0.214. The molecule has 0 aliphatic heterocycles. The summed E-state index contributed by atoms with van der Waals surface area (Å²) in [6.07, 6.45) is 2.31. The van der Waals surface area contributed by atoms with E-state index >= 15 is 0 Å². The zero-order valence-electron chi connectivity index (χ0n) is 21.0. The predicted molar refractivity (Wildman–Crippen MR) is 144 cm³/mol. The van der Waals surface area contributed by atoms with Gasteiger partial charge < -0.3 is 14.3 Å². The Labute approximate surface area is 221 Å². The number of carboxylic acid groups (broad SMARTS) is 1. The van der Waals surface area contributed by atoms with Crippen molar-refractivity contribution in [2.24, 2.45) is 0 Å². The molecule has 2 aromatic carbocycles. The van der Waals surface area contributed by atoms with E-state index in [1.54, 1.807) is 6.92 Å². The summed E-state index contributed by atoms with van der Waals surface area (Å²) in [5, 5.41) is 10.2. The minimum Gasteiger partial charge on any atom is -0.484 e. The number of hydrogen-bond acceptors (Lipinski definition) is 7. The van der Waals surface area contributed by atoms with Gasteiger partial charge in [-0.15, -0.1) is 11.3 Å². The third-order valence-electron chi connectivity index (χ3n) is 6.46. The van der Waals surface area contributed by atoms with Crippen molar-refractivity contribution in [2.45, 2.75) is 39.0 Å². The molecular formula is C28H25N3O6S. The fourth-order valence-corrected chi connectivity index (χ4v) is 5.59. The number of para-hydroxylation sites is 1. The summed E-state index contributed by atoms with van der Waals surface area (Å²) in [5.74, 6) is -0.387. The van der Waals surface area contributed by atoms with Gasteiger partial charge in [0.15, 0.2) is 0 Å². The van der Waals surface area contributed by atoms with Crippen LogP contribution in [-0.2, 0) is 16.9 Å². The topological polar surface area (TPSA) is 117 Å². The van der Waals surface area contributed by atoms with E-state index in [4.69, 9.17) is 9.15 Å². The van der Waals surface area contributed by atoms with Crippen molar-refractivity contribution in [3.8, 4) is 16.5 Å². The van der Waals surface area contributed by atoms with Crippen LogP contribution in [0.5, 0.6) is 5.75 Å². The summed E-state index contributed by atoms with van der Waals surface area (Å²) in [7, 11) is 0. The molecule has 0 aliphatic carbocycles. The second-order valence-corrected chi connectivity index (χ2v) is 10.3. The fourth-order valence-electron chi connectivity index (χ4n) is 4.34. The van der Waals surface area contributed by atoms with Crippen LogP contribution in [0.25, 0.3) is 21.0 Å². The van der Waals surface area contributed by atoms with Gasteiger partial charge in [-0.3, -0.25) is 9.36 Å². The lowest BCUT2D eigenvalue weighted by Crippen LogP contribution is -2.52. The number of aryl methyl sites for hydroxylation is 1. The van der Waals surface area contributed by atoms with Gasteiger partial charge in [0.1, 0.15) is 28.5 Å². The number of oxazole rings is 1. The molecule has 0 saturated heterocycles. The summed E-state index contributed by atoms with van der Waals surface area (Å²) in [6, 6.07) is 18.6. The van der Waals surface area contributed by atoms with Crippen LogP contribution < -0.4 is 16.0 Å². The first-order chi connectivity index (χ1) is 18.2. The second-order valence-electron chi connectivity index (χ2n) is 9.30. The van der Waals surface area contributed by atoms with Crippen LogP contribution in [0.4, 0.5) is 0 Å². The van der Waals surface area contributed by atoms with Crippen molar-refractivity contribution in [1.29, 1.82) is 0 Å². The van der Waals surface area contributed by atoms with E-state index in [1.807, 2.05) is 60.7 Å². The molecule has 0 fully saturated rings. The van der Waals surface area contributed by atoms with Crippen LogP contribution >= 0.6 is 11.3 Å². The second kappa shape index (κ2) is 9.79. The van der Waals surface area contributed by atoms with E-state index in [9.17, 15) is 19.5 Å². The molecule has 5 aromatic rings. The minimum absolute atomic E-state index is 0.0230. The molecule has 38 heavy (non-hydrogen) atoms. The van der Waals surface area contributed by atoms with Gasteiger partial charge in [-0.25, -0.2) is 19.1 Å². The summed E-state index contributed by atoms with van der Waals surface area (Å²) in [6.45, 7) is 4.43. The number of aliphatic carboxylic acids is 1. The molecule has 5 rings (SSSR count). The SMILES string of the molecule is Cc1c(-c2ncco2)sc2c1c(=O)n(C(C)(C)C(=O)O)c(=O)n2CC(Oc1ccccc1)c1ccccc1. The zero-order valence-corrected chi connectivity index (χ0v) is 21.8. The zero-order chi connectivity index (χ0) is 27.0. The first-order valence-electron chi connectivity index (χ1n) is 11.9. The molecule has 0 aliphatic rings. The maximum atomic E-state index is 14.0. The quantitative estimate of drug-likeness (QED) is 0.305. The highest BCUT2D eigenvalue weighted by Crippen LogP contribution is 2.36. The van der Waals surface area contributed by atoms with Crippen LogP contribution in [0.15, 0.2) is 87.1 Å². The van der Waals surface area contributed by atoms with E-state index < -0.39 is 28.9 Å². The number of nitrogens with zero attached hydrogens (tertiary/aromatic N) is 3. The standard InChI is InChI=1S/C28H25N3O6S/c1-17-21-24(32)31(28(2,3)26(33)34)27(35)30(25(21)38-22(17)23-29-14-15-36-23)16-20(18-10-6-4-7-11-18)37-19-12-8-5-9-13-19/h4-15,20H,16H2,1-3H3,(H,33,34). The molecule has 1 N–H and O–H groups in total. The molecule has 1 unspecified atom stereocenters. The van der Waals surface area contributed by atoms with Gasteiger partial charge in [-0.05, 0) is 44.0 Å². The number of aromatic nitrogens is 3. The van der Waals surface area contributed by atoms with Gasteiger partial charge in [0.25, 0.3) is 5.56 Å².